The van der Waals surface area contributed by atoms with Gasteiger partial charge in [-0.15, -0.1) is 11.3 Å². The summed E-state index contributed by atoms with van der Waals surface area (Å²) in [6, 6.07) is 8.61. The fourth-order valence-corrected chi connectivity index (χ4v) is 3.64. The van der Waals surface area contributed by atoms with Crippen molar-refractivity contribution in [3.05, 3.63) is 51.5 Å². The second kappa shape index (κ2) is 6.80. The van der Waals surface area contributed by atoms with Crippen molar-refractivity contribution in [2.75, 3.05) is 6.54 Å². The zero-order valence-corrected chi connectivity index (χ0v) is 13.2. The van der Waals surface area contributed by atoms with Gasteiger partial charge in [0.25, 0.3) is 0 Å². The Bertz CT molecular complexity index is 761. The van der Waals surface area contributed by atoms with Gasteiger partial charge >= 0.3 is 0 Å². The van der Waals surface area contributed by atoms with E-state index in [1.165, 1.54) is 0 Å². The van der Waals surface area contributed by atoms with E-state index in [4.69, 9.17) is 5.26 Å². The average molecular weight is 321 g/mol. The minimum absolute atomic E-state index is 0.126. The van der Waals surface area contributed by atoms with Crippen LogP contribution in [-0.2, 0) is 22.2 Å². The predicted octanol–water partition coefficient (Wildman–Crippen LogP) is 1.99. The van der Waals surface area contributed by atoms with Crippen molar-refractivity contribution in [2.45, 2.75) is 19.1 Å². The van der Waals surface area contributed by atoms with Crippen LogP contribution in [0.5, 0.6) is 0 Å². The summed E-state index contributed by atoms with van der Waals surface area (Å²) in [6.07, 6.45) is 0.571. The number of benzene rings is 1. The van der Waals surface area contributed by atoms with Gasteiger partial charge in [-0.1, -0.05) is 12.1 Å². The van der Waals surface area contributed by atoms with Crippen molar-refractivity contribution < 1.29 is 8.42 Å². The van der Waals surface area contributed by atoms with Gasteiger partial charge in [0, 0.05) is 18.3 Å². The van der Waals surface area contributed by atoms with E-state index in [2.05, 4.69) is 9.71 Å². The summed E-state index contributed by atoms with van der Waals surface area (Å²) < 4.78 is 26.5. The van der Waals surface area contributed by atoms with Crippen molar-refractivity contribution >= 4 is 21.4 Å². The van der Waals surface area contributed by atoms with Crippen LogP contribution >= 0.6 is 11.3 Å². The van der Waals surface area contributed by atoms with Crippen LogP contribution < -0.4 is 4.72 Å². The van der Waals surface area contributed by atoms with Gasteiger partial charge in [-0.2, -0.15) is 5.26 Å². The van der Waals surface area contributed by atoms with E-state index in [-0.39, 0.29) is 5.75 Å². The van der Waals surface area contributed by atoms with Crippen LogP contribution in [0.3, 0.4) is 0 Å². The Morgan fingerprint density at radius 1 is 1.43 bits per heavy atom. The van der Waals surface area contributed by atoms with Crippen LogP contribution in [0.25, 0.3) is 0 Å². The lowest BCUT2D eigenvalue weighted by molar-refractivity contribution is 0.580. The van der Waals surface area contributed by atoms with Gasteiger partial charge in [-0.3, -0.25) is 0 Å². The summed E-state index contributed by atoms with van der Waals surface area (Å²) >= 11 is 1.55. The predicted molar refractivity (Wildman–Crippen MR) is 82.3 cm³/mol. The molecule has 110 valence electrons. The highest BCUT2D eigenvalue weighted by Gasteiger charge is 2.11. The molecule has 1 heterocycles. The summed E-state index contributed by atoms with van der Waals surface area (Å²) in [5, 5.41) is 11.7. The Morgan fingerprint density at radius 2 is 2.24 bits per heavy atom. The third kappa shape index (κ3) is 4.93. The smallest absolute Gasteiger partial charge is 0.215 e. The Labute approximate surface area is 128 Å². The molecule has 2 rings (SSSR count). The molecule has 0 unspecified atom stereocenters. The molecule has 2 aromatic rings. The second-order valence-electron chi connectivity index (χ2n) is 4.57. The lowest BCUT2D eigenvalue weighted by atomic mass is 10.2. The molecule has 0 amide bonds. The quantitative estimate of drug-likeness (QED) is 0.882. The SMILES string of the molecule is Cc1nc(CCNS(=O)(=O)Cc2cccc(C#N)c2)cs1. The van der Waals surface area contributed by atoms with Gasteiger partial charge in [0.2, 0.25) is 10.0 Å². The van der Waals surface area contributed by atoms with Gasteiger partial charge in [0.1, 0.15) is 0 Å². The van der Waals surface area contributed by atoms with Gasteiger partial charge in [-0.25, -0.2) is 18.1 Å². The van der Waals surface area contributed by atoms with Crippen LogP contribution in [0.1, 0.15) is 21.8 Å². The normalized spacial score (nSPS) is 11.2. The Kier molecular flexibility index (Phi) is 5.07. The highest BCUT2D eigenvalue weighted by molar-refractivity contribution is 7.88. The summed E-state index contributed by atoms with van der Waals surface area (Å²) in [5.74, 6) is -0.126. The van der Waals surface area contributed by atoms with Gasteiger partial charge in [0.15, 0.2) is 0 Å². The van der Waals surface area contributed by atoms with E-state index >= 15 is 0 Å². The number of hydrogen-bond acceptors (Lipinski definition) is 5. The Hall–Kier alpha value is -1.75. The molecule has 0 aliphatic rings. The van der Waals surface area contributed by atoms with E-state index in [0.29, 0.717) is 24.1 Å². The second-order valence-corrected chi connectivity index (χ2v) is 7.44. The van der Waals surface area contributed by atoms with Crippen molar-refractivity contribution in [3.63, 3.8) is 0 Å². The van der Waals surface area contributed by atoms with Crippen molar-refractivity contribution in [1.29, 1.82) is 5.26 Å². The summed E-state index contributed by atoms with van der Waals surface area (Å²) in [5.41, 5.74) is 1.96. The van der Waals surface area contributed by atoms with Crippen molar-refractivity contribution in [1.82, 2.24) is 9.71 Å². The topological polar surface area (TPSA) is 82.8 Å². The van der Waals surface area contributed by atoms with Gasteiger partial charge in [-0.05, 0) is 24.6 Å². The molecule has 0 saturated heterocycles. The molecule has 1 aromatic heterocycles. The number of thiazole rings is 1. The van der Waals surface area contributed by atoms with E-state index in [1.54, 1.807) is 35.6 Å². The van der Waals surface area contributed by atoms with E-state index in [1.807, 2.05) is 18.4 Å². The molecule has 0 atom stereocenters. The van der Waals surface area contributed by atoms with E-state index < -0.39 is 10.0 Å². The number of hydrogen-bond donors (Lipinski definition) is 1. The maximum absolute atomic E-state index is 12.0. The fraction of sp³-hybridized carbons (Fsp3) is 0.286. The molecular weight excluding hydrogens is 306 g/mol. The van der Waals surface area contributed by atoms with Gasteiger partial charge in [0.05, 0.1) is 28.1 Å². The summed E-state index contributed by atoms with van der Waals surface area (Å²) in [6.45, 7) is 2.24. The lowest BCUT2D eigenvalue weighted by Gasteiger charge is -2.06. The van der Waals surface area contributed by atoms with Crippen molar-refractivity contribution in [3.8, 4) is 6.07 Å². The number of aromatic nitrogens is 1. The number of rotatable bonds is 6. The number of aryl methyl sites for hydroxylation is 1. The highest BCUT2D eigenvalue weighted by Crippen LogP contribution is 2.09. The third-order valence-electron chi connectivity index (χ3n) is 2.78. The highest BCUT2D eigenvalue weighted by atomic mass is 32.2. The van der Waals surface area contributed by atoms with Crippen LogP contribution in [0.4, 0.5) is 0 Å². The molecule has 21 heavy (non-hydrogen) atoms. The molecule has 7 heteroatoms. The minimum Gasteiger partial charge on any atom is -0.247 e. The van der Waals surface area contributed by atoms with E-state index in [0.717, 1.165) is 10.7 Å². The molecule has 0 aliphatic heterocycles. The average Bonchev–Trinajstić information content (AvgIpc) is 2.84. The first-order valence-electron chi connectivity index (χ1n) is 6.36. The van der Waals surface area contributed by atoms with Crippen LogP contribution in [0.2, 0.25) is 0 Å². The first kappa shape index (κ1) is 15.6. The monoisotopic (exact) mass is 321 g/mol. The number of nitrogens with one attached hydrogen (secondary N) is 1. The summed E-state index contributed by atoms with van der Waals surface area (Å²) in [7, 11) is -3.41. The maximum Gasteiger partial charge on any atom is 0.215 e. The van der Waals surface area contributed by atoms with Crippen LogP contribution in [0.15, 0.2) is 29.6 Å². The number of sulfonamides is 1. The number of nitriles is 1. The largest absolute Gasteiger partial charge is 0.247 e. The molecule has 1 aromatic carbocycles. The first-order chi connectivity index (χ1) is 9.98. The molecule has 0 fully saturated rings. The zero-order valence-electron chi connectivity index (χ0n) is 11.5. The van der Waals surface area contributed by atoms with E-state index in [9.17, 15) is 8.42 Å². The first-order valence-corrected chi connectivity index (χ1v) is 8.89. The van der Waals surface area contributed by atoms with Crippen LogP contribution in [0, 0.1) is 18.3 Å². The van der Waals surface area contributed by atoms with Gasteiger partial charge < -0.3 is 0 Å². The molecule has 0 radical (unpaired) electrons. The fourth-order valence-electron chi connectivity index (χ4n) is 1.86. The molecule has 0 bridgehead atoms. The zero-order chi connectivity index (χ0) is 15.3. The Balaban J connectivity index is 1.91. The van der Waals surface area contributed by atoms with Crippen LogP contribution in [-0.4, -0.2) is 19.9 Å². The maximum atomic E-state index is 12.0. The molecule has 0 aliphatic carbocycles. The molecule has 1 N–H and O–H groups in total. The Morgan fingerprint density at radius 3 is 2.90 bits per heavy atom. The molecule has 0 saturated carbocycles. The molecule has 0 spiro atoms. The standard InChI is InChI=1S/C14H15N3O2S2/c1-11-17-14(9-20-11)5-6-16-21(18,19)10-13-4-2-3-12(7-13)8-15/h2-4,7,9,16H,5-6,10H2,1H3. The van der Waals surface area contributed by atoms with Crippen molar-refractivity contribution in [2.24, 2.45) is 0 Å². The lowest BCUT2D eigenvalue weighted by Crippen LogP contribution is -2.27. The molecular formula is C14H15N3O2S2. The molecule has 5 nitrogen and oxygen atoms in total. The minimum atomic E-state index is -3.41. The third-order valence-corrected chi connectivity index (χ3v) is 4.96. The summed E-state index contributed by atoms with van der Waals surface area (Å²) in [4.78, 5) is 4.28. The number of nitrogens with zero attached hydrogens (tertiary/aromatic N) is 2.